The zero-order chi connectivity index (χ0) is 13.8. The van der Waals surface area contributed by atoms with Crippen LogP contribution in [0.2, 0.25) is 5.02 Å². The molecule has 2 nitrogen and oxygen atoms in total. The Bertz CT molecular complexity index is 398. The third-order valence-corrected chi connectivity index (χ3v) is 3.14. The predicted molar refractivity (Wildman–Crippen MR) is 69.9 cm³/mol. The van der Waals surface area contributed by atoms with Gasteiger partial charge in [-0.3, -0.25) is 0 Å². The van der Waals surface area contributed by atoms with E-state index in [0.29, 0.717) is 21.7 Å². The number of hydrogen-bond acceptors (Lipinski definition) is 2. The molecule has 0 saturated carbocycles. The summed E-state index contributed by atoms with van der Waals surface area (Å²) in [4.78, 5) is 3.99. The van der Waals surface area contributed by atoms with Crippen molar-refractivity contribution >= 4 is 33.2 Å². The lowest BCUT2D eigenvalue weighted by Crippen LogP contribution is -2.17. The van der Waals surface area contributed by atoms with Gasteiger partial charge in [0, 0.05) is 18.7 Å². The Hall–Kier alpha value is -0.490. The molecule has 0 aliphatic rings. The van der Waals surface area contributed by atoms with Crippen molar-refractivity contribution in [1.82, 2.24) is 4.98 Å². The van der Waals surface area contributed by atoms with Crippen LogP contribution < -0.4 is 5.32 Å². The van der Waals surface area contributed by atoms with Gasteiger partial charge >= 0.3 is 6.18 Å². The lowest BCUT2D eigenvalue weighted by atomic mass is 10.1. The highest BCUT2D eigenvalue weighted by Gasteiger charge is 2.26. The van der Waals surface area contributed by atoms with Crippen molar-refractivity contribution < 1.29 is 13.2 Å². The van der Waals surface area contributed by atoms with Crippen molar-refractivity contribution in [3.8, 4) is 0 Å². The van der Waals surface area contributed by atoms with Crippen LogP contribution in [0.15, 0.2) is 16.9 Å². The Labute approximate surface area is 117 Å². The van der Waals surface area contributed by atoms with Crippen molar-refractivity contribution in [3.05, 3.63) is 21.9 Å². The van der Waals surface area contributed by atoms with Crippen LogP contribution in [0.25, 0.3) is 0 Å². The van der Waals surface area contributed by atoms with Gasteiger partial charge in [0.1, 0.15) is 4.60 Å². The molecule has 0 aliphatic carbocycles. The molecule has 0 bridgehead atoms. The van der Waals surface area contributed by atoms with Gasteiger partial charge in [0.2, 0.25) is 0 Å². The molecule has 1 unspecified atom stereocenters. The van der Waals surface area contributed by atoms with Crippen LogP contribution in [0.4, 0.5) is 18.9 Å². The van der Waals surface area contributed by atoms with Gasteiger partial charge in [-0.2, -0.15) is 13.2 Å². The number of rotatable bonds is 5. The Morgan fingerprint density at radius 1 is 1.50 bits per heavy atom. The van der Waals surface area contributed by atoms with Crippen molar-refractivity contribution in [2.75, 3.05) is 5.32 Å². The number of pyridine rings is 1. The molecule has 1 atom stereocenters. The summed E-state index contributed by atoms with van der Waals surface area (Å²) < 4.78 is 36.6. The molecule has 1 aromatic rings. The summed E-state index contributed by atoms with van der Waals surface area (Å²) in [7, 11) is 0. The number of aromatic nitrogens is 1. The maximum Gasteiger partial charge on any atom is 0.389 e. The zero-order valence-corrected chi connectivity index (χ0v) is 12.0. The first-order valence-corrected chi connectivity index (χ1v) is 6.59. The van der Waals surface area contributed by atoms with Crippen molar-refractivity contribution in [2.45, 2.75) is 38.4 Å². The second-order valence-corrected chi connectivity index (χ2v) is 5.23. The van der Waals surface area contributed by atoms with E-state index >= 15 is 0 Å². The minimum atomic E-state index is -4.09. The molecule has 0 amide bonds. The van der Waals surface area contributed by atoms with Crippen LogP contribution in [0.5, 0.6) is 0 Å². The largest absolute Gasteiger partial charge is 0.389 e. The maximum atomic E-state index is 12.0. The molecule has 0 saturated heterocycles. The van der Waals surface area contributed by atoms with Crippen LogP contribution in [0.3, 0.4) is 0 Å². The van der Waals surface area contributed by atoms with Crippen LogP contribution in [0, 0.1) is 0 Å². The molecule has 7 heteroatoms. The van der Waals surface area contributed by atoms with E-state index in [1.54, 1.807) is 6.07 Å². The van der Waals surface area contributed by atoms with E-state index < -0.39 is 12.6 Å². The number of nitrogens with one attached hydrogen (secondary N) is 1. The van der Waals surface area contributed by atoms with Gasteiger partial charge in [0.15, 0.2) is 0 Å². The summed E-state index contributed by atoms with van der Waals surface area (Å²) in [6, 6.07) is 1.60. The van der Waals surface area contributed by atoms with E-state index in [9.17, 15) is 13.2 Å². The van der Waals surface area contributed by atoms with Crippen LogP contribution in [-0.2, 0) is 0 Å². The third-order valence-electron chi connectivity index (χ3n) is 2.30. The van der Waals surface area contributed by atoms with Crippen LogP contribution >= 0.6 is 27.5 Å². The average Bonchev–Trinajstić information content (AvgIpc) is 2.21. The molecule has 1 rings (SSSR count). The highest BCUT2D eigenvalue weighted by atomic mass is 79.9. The summed E-state index contributed by atoms with van der Waals surface area (Å²) in [6.07, 6.45) is -2.82. The van der Waals surface area contributed by atoms with Crippen molar-refractivity contribution in [3.63, 3.8) is 0 Å². The Morgan fingerprint density at radius 2 is 2.17 bits per heavy atom. The minimum absolute atomic E-state index is 0.0797. The molecule has 1 aromatic heterocycles. The first-order valence-electron chi connectivity index (χ1n) is 5.42. The number of anilines is 1. The molecule has 1 heterocycles. The van der Waals surface area contributed by atoms with E-state index in [-0.39, 0.29) is 12.5 Å². The molecular formula is C11H13BrClF3N2. The van der Waals surface area contributed by atoms with Gasteiger partial charge in [-0.15, -0.1) is 0 Å². The second-order valence-electron chi connectivity index (χ2n) is 4.04. The number of alkyl halides is 3. The summed E-state index contributed by atoms with van der Waals surface area (Å²) >= 11 is 9.04. The SMILES string of the molecule is CC(CCCC(F)(F)F)Nc1cc(Cl)cnc1Br. The zero-order valence-electron chi connectivity index (χ0n) is 9.69. The first kappa shape index (κ1) is 15.6. The molecule has 102 valence electrons. The number of halogens is 5. The van der Waals surface area contributed by atoms with Crippen molar-refractivity contribution in [1.29, 1.82) is 0 Å². The van der Waals surface area contributed by atoms with Gasteiger partial charge in [-0.25, -0.2) is 4.98 Å². The van der Waals surface area contributed by atoms with Gasteiger partial charge in [0.25, 0.3) is 0 Å². The topological polar surface area (TPSA) is 24.9 Å². The van der Waals surface area contributed by atoms with Crippen LogP contribution in [-0.4, -0.2) is 17.2 Å². The van der Waals surface area contributed by atoms with Crippen LogP contribution in [0.1, 0.15) is 26.2 Å². The average molecular weight is 346 g/mol. The summed E-state index contributed by atoms with van der Waals surface area (Å²) in [5.74, 6) is 0. The standard InChI is InChI=1S/C11H13BrClF3N2/c1-7(3-2-4-11(14,15)16)18-9-5-8(13)6-17-10(9)12/h5-7,18H,2-4H2,1H3. The Morgan fingerprint density at radius 3 is 2.78 bits per heavy atom. The second kappa shape index (κ2) is 6.61. The van der Waals surface area contributed by atoms with Gasteiger partial charge in [-0.1, -0.05) is 11.6 Å². The Balaban J connectivity index is 2.44. The lowest BCUT2D eigenvalue weighted by molar-refractivity contribution is -0.135. The minimum Gasteiger partial charge on any atom is -0.380 e. The number of hydrogen-bond donors (Lipinski definition) is 1. The quantitative estimate of drug-likeness (QED) is 0.757. The summed E-state index contributed by atoms with van der Waals surface area (Å²) in [5, 5.41) is 3.55. The van der Waals surface area contributed by atoms with Gasteiger partial charge in [-0.05, 0) is 41.8 Å². The summed E-state index contributed by atoms with van der Waals surface area (Å²) in [5.41, 5.74) is 0.682. The smallest absolute Gasteiger partial charge is 0.380 e. The fourth-order valence-corrected chi connectivity index (χ4v) is 1.96. The molecule has 0 fully saturated rings. The molecule has 18 heavy (non-hydrogen) atoms. The molecule has 1 N–H and O–H groups in total. The number of nitrogens with zero attached hydrogens (tertiary/aromatic N) is 1. The Kier molecular flexibility index (Phi) is 5.72. The van der Waals surface area contributed by atoms with E-state index in [4.69, 9.17) is 11.6 Å². The maximum absolute atomic E-state index is 12.0. The van der Waals surface area contributed by atoms with E-state index in [1.165, 1.54) is 6.20 Å². The van der Waals surface area contributed by atoms with Gasteiger partial charge in [0.05, 0.1) is 10.7 Å². The predicted octanol–water partition coefficient (Wildman–Crippen LogP) is 5.03. The van der Waals surface area contributed by atoms with E-state index in [2.05, 4.69) is 26.2 Å². The normalized spacial score (nSPS) is 13.4. The first-order chi connectivity index (χ1) is 8.28. The third kappa shape index (κ3) is 5.91. The van der Waals surface area contributed by atoms with E-state index in [0.717, 1.165) is 0 Å². The van der Waals surface area contributed by atoms with Gasteiger partial charge < -0.3 is 5.32 Å². The van der Waals surface area contributed by atoms with E-state index in [1.807, 2.05) is 6.92 Å². The molecule has 0 radical (unpaired) electrons. The molecule has 0 aliphatic heterocycles. The fourth-order valence-electron chi connectivity index (χ4n) is 1.47. The lowest BCUT2D eigenvalue weighted by Gasteiger charge is -2.16. The highest BCUT2D eigenvalue weighted by molar-refractivity contribution is 9.10. The fraction of sp³-hybridized carbons (Fsp3) is 0.545. The molecule has 0 aromatic carbocycles. The van der Waals surface area contributed by atoms with Crippen molar-refractivity contribution in [2.24, 2.45) is 0 Å². The highest BCUT2D eigenvalue weighted by Crippen LogP contribution is 2.26. The molecular weight excluding hydrogens is 332 g/mol. The molecule has 0 spiro atoms. The summed E-state index contributed by atoms with van der Waals surface area (Å²) in [6.45, 7) is 1.82. The monoisotopic (exact) mass is 344 g/mol.